The quantitative estimate of drug-likeness (QED) is 0.900. The molecule has 1 saturated heterocycles. The van der Waals surface area contributed by atoms with Gasteiger partial charge in [0.05, 0.1) is 10.2 Å². The third-order valence-electron chi connectivity index (χ3n) is 3.67. The van der Waals surface area contributed by atoms with Gasteiger partial charge in [0.25, 0.3) is 0 Å². The number of carbonyl (C=O) groups is 1. The van der Waals surface area contributed by atoms with Crippen LogP contribution in [-0.4, -0.2) is 40.0 Å². The van der Waals surface area contributed by atoms with Gasteiger partial charge < -0.3 is 14.8 Å². The summed E-state index contributed by atoms with van der Waals surface area (Å²) in [5.41, 5.74) is 0. The van der Waals surface area contributed by atoms with Crippen molar-refractivity contribution in [3.05, 3.63) is 39.0 Å². The second-order valence-electron chi connectivity index (χ2n) is 5.09. The summed E-state index contributed by atoms with van der Waals surface area (Å²) in [7, 11) is 1.97. The molecule has 1 N–H and O–H groups in total. The first-order chi connectivity index (χ1) is 10.1. The van der Waals surface area contributed by atoms with Gasteiger partial charge in [-0.2, -0.15) is 0 Å². The first kappa shape index (κ1) is 14.7. The Labute approximate surface area is 136 Å². The highest BCUT2D eigenvalue weighted by atomic mass is 79.9. The van der Waals surface area contributed by atoms with Crippen molar-refractivity contribution in [2.45, 2.75) is 12.5 Å². The number of hydrogen-bond acceptors (Lipinski definition) is 4. The number of nitrogens with zero attached hydrogens (tertiary/aromatic N) is 3. The van der Waals surface area contributed by atoms with E-state index in [1.165, 1.54) is 0 Å². The van der Waals surface area contributed by atoms with Gasteiger partial charge in [-0.3, -0.25) is 4.79 Å². The number of nitrogens with one attached hydrogen (secondary N) is 1. The Morgan fingerprint density at radius 3 is 3.10 bits per heavy atom. The molecule has 1 aliphatic rings. The molecular formula is C14H17BrN4OS. The van der Waals surface area contributed by atoms with Gasteiger partial charge in [0, 0.05) is 44.0 Å². The van der Waals surface area contributed by atoms with E-state index in [0.29, 0.717) is 6.42 Å². The summed E-state index contributed by atoms with van der Waals surface area (Å²) >= 11 is 5.06. The predicted molar refractivity (Wildman–Crippen MR) is 86.3 cm³/mol. The van der Waals surface area contributed by atoms with Crippen LogP contribution in [0.25, 0.3) is 0 Å². The predicted octanol–water partition coefficient (Wildman–Crippen LogP) is 1.96. The number of aryl methyl sites for hydroxylation is 1. The van der Waals surface area contributed by atoms with Gasteiger partial charge in [-0.25, -0.2) is 4.98 Å². The lowest BCUT2D eigenvalue weighted by atomic mass is 10.1. The van der Waals surface area contributed by atoms with Gasteiger partial charge >= 0.3 is 0 Å². The number of rotatable bonds is 3. The number of piperazine rings is 1. The molecule has 1 aliphatic heterocycles. The smallest absolute Gasteiger partial charge is 0.228 e. The fraction of sp³-hybridized carbons (Fsp3) is 0.429. The molecule has 0 radical (unpaired) electrons. The second-order valence-corrected chi connectivity index (χ2v) is 7.63. The Morgan fingerprint density at radius 2 is 2.43 bits per heavy atom. The maximum Gasteiger partial charge on any atom is 0.228 e. The van der Waals surface area contributed by atoms with E-state index >= 15 is 0 Å². The van der Waals surface area contributed by atoms with Gasteiger partial charge in [-0.15, -0.1) is 11.3 Å². The highest BCUT2D eigenvalue weighted by Crippen LogP contribution is 2.25. The van der Waals surface area contributed by atoms with Gasteiger partial charge in [-0.1, -0.05) is 0 Å². The zero-order valence-corrected chi connectivity index (χ0v) is 14.2. The molecule has 0 spiro atoms. The molecule has 21 heavy (non-hydrogen) atoms. The Hall–Kier alpha value is -1.18. The van der Waals surface area contributed by atoms with Crippen molar-refractivity contribution in [2.75, 3.05) is 19.6 Å². The lowest BCUT2D eigenvalue weighted by Gasteiger charge is -2.35. The SMILES string of the molecule is Cn1ccnc1C1CNCCN1C(=O)Cc1ccc(Br)s1. The summed E-state index contributed by atoms with van der Waals surface area (Å²) in [4.78, 5) is 20.1. The van der Waals surface area contributed by atoms with Crippen LogP contribution < -0.4 is 5.32 Å². The van der Waals surface area contributed by atoms with Gasteiger partial charge in [-0.05, 0) is 28.1 Å². The first-order valence-corrected chi connectivity index (χ1v) is 8.47. The number of thiophene rings is 1. The van der Waals surface area contributed by atoms with Gasteiger partial charge in [0.15, 0.2) is 0 Å². The fourth-order valence-electron chi connectivity index (χ4n) is 2.63. The van der Waals surface area contributed by atoms with E-state index in [9.17, 15) is 4.79 Å². The number of hydrogen-bond donors (Lipinski definition) is 1. The largest absolute Gasteiger partial charge is 0.336 e. The molecule has 1 amide bonds. The summed E-state index contributed by atoms with van der Waals surface area (Å²) in [6.07, 6.45) is 4.16. The highest BCUT2D eigenvalue weighted by molar-refractivity contribution is 9.11. The highest BCUT2D eigenvalue weighted by Gasteiger charge is 2.30. The van der Waals surface area contributed by atoms with E-state index in [0.717, 1.165) is 34.1 Å². The van der Waals surface area contributed by atoms with E-state index in [4.69, 9.17) is 0 Å². The van der Waals surface area contributed by atoms with Crippen LogP contribution in [0.15, 0.2) is 28.3 Å². The Kier molecular flexibility index (Phi) is 4.42. The van der Waals surface area contributed by atoms with E-state index < -0.39 is 0 Å². The molecule has 2 aromatic heterocycles. The Balaban J connectivity index is 1.77. The van der Waals surface area contributed by atoms with Crippen molar-refractivity contribution in [3.63, 3.8) is 0 Å². The molecule has 112 valence electrons. The average Bonchev–Trinajstić information content (AvgIpc) is 3.07. The summed E-state index contributed by atoms with van der Waals surface area (Å²) < 4.78 is 3.05. The fourth-order valence-corrected chi connectivity index (χ4v) is 4.10. The monoisotopic (exact) mass is 368 g/mol. The molecule has 0 aromatic carbocycles. The molecule has 5 nitrogen and oxygen atoms in total. The third-order valence-corrected chi connectivity index (χ3v) is 5.30. The van der Waals surface area contributed by atoms with Crippen LogP contribution in [0.2, 0.25) is 0 Å². The number of imidazole rings is 1. The van der Waals surface area contributed by atoms with E-state index in [1.807, 2.05) is 34.8 Å². The molecule has 1 unspecified atom stereocenters. The van der Waals surface area contributed by atoms with E-state index in [1.54, 1.807) is 17.5 Å². The summed E-state index contributed by atoms with van der Waals surface area (Å²) in [6.45, 7) is 2.31. The molecule has 0 aliphatic carbocycles. The van der Waals surface area contributed by atoms with Crippen LogP contribution in [0, 0.1) is 0 Å². The van der Waals surface area contributed by atoms with Crippen molar-refractivity contribution in [2.24, 2.45) is 7.05 Å². The Morgan fingerprint density at radius 1 is 1.57 bits per heavy atom. The average molecular weight is 369 g/mol. The van der Waals surface area contributed by atoms with Gasteiger partial charge in [0.1, 0.15) is 11.9 Å². The van der Waals surface area contributed by atoms with Crippen LogP contribution in [0.4, 0.5) is 0 Å². The molecule has 3 heterocycles. The third kappa shape index (κ3) is 3.20. The van der Waals surface area contributed by atoms with Crippen molar-refractivity contribution >= 4 is 33.2 Å². The minimum Gasteiger partial charge on any atom is -0.336 e. The van der Waals surface area contributed by atoms with Crippen LogP contribution >= 0.6 is 27.3 Å². The van der Waals surface area contributed by atoms with E-state index in [2.05, 4.69) is 26.2 Å². The topological polar surface area (TPSA) is 50.2 Å². The first-order valence-electron chi connectivity index (χ1n) is 6.87. The van der Waals surface area contributed by atoms with E-state index in [-0.39, 0.29) is 11.9 Å². The second kappa shape index (κ2) is 6.29. The number of halogens is 1. The number of amides is 1. The molecule has 1 atom stereocenters. The number of carbonyl (C=O) groups excluding carboxylic acids is 1. The molecule has 2 aromatic rings. The van der Waals surface area contributed by atoms with Crippen LogP contribution in [0.1, 0.15) is 16.7 Å². The van der Waals surface area contributed by atoms with Crippen LogP contribution in [-0.2, 0) is 18.3 Å². The maximum atomic E-state index is 12.6. The lowest BCUT2D eigenvalue weighted by Crippen LogP contribution is -2.49. The normalized spacial score (nSPS) is 19.0. The van der Waals surface area contributed by atoms with Crippen molar-refractivity contribution < 1.29 is 4.79 Å². The lowest BCUT2D eigenvalue weighted by molar-refractivity contribution is -0.134. The zero-order valence-electron chi connectivity index (χ0n) is 11.8. The molecule has 1 fully saturated rings. The van der Waals surface area contributed by atoms with Crippen molar-refractivity contribution in [1.29, 1.82) is 0 Å². The Bertz CT molecular complexity index is 638. The van der Waals surface area contributed by atoms with Crippen LogP contribution in [0.3, 0.4) is 0 Å². The summed E-state index contributed by atoms with van der Waals surface area (Å²) in [6, 6.07) is 4.00. The molecule has 3 rings (SSSR count). The maximum absolute atomic E-state index is 12.6. The standard InChI is InChI=1S/C14H17BrN4OS/c1-18-6-5-17-14(18)11-9-16-4-7-19(11)13(20)8-10-2-3-12(15)21-10/h2-3,5-6,11,16H,4,7-9H2,1H3. The number of aromatic nitrogens is 2. The summed E-state index contributed by atoms with van der Waals surface area (Å²) in [5, 5.41) is 3.35. The van der Waals surface area contributed by atoms with Crippen LogP contribution in [0.5, 0.6) is 0 Å². The molecular weight excluding hydrogens is 352 g/mol. The van der Waals surface area contributed by atoms with Crippen molar-refractivity contribution in [3.8, 4) is 0 Å². The molecule has 0 saturated carbocycles. The summed E-state index contributed by atoms with van der Waals surface area (Å²) in [5.74, 6) is 1.10. The molecule has 0 bridgehead atoms. The zero-order chi connectivity index (χ0) is 14.8. The van der Waals surface area contributed by atoms with Crippen molar-refractivity contribution in [1.82, 2.24) is 19.8 Å². The van der Waals surface area contributed by atoms with Gasteiger partial charge in [0.2, 0.25) is 5.91 Å². The minimum atomic E-state index is 0.00894. The minimum absolute atomic E-state index is 0.00894. The molecule has 7 heteroatoms.